The number of likely N-dealkylation sites (tertiary alicyclic amines) is 1. The predicted molar refractivity (Wildman–Crippen MR) is 217 cm³/mol. The summed E-state index contributed by atoms with van der Waals surface area (Å²) in [5.74, 6) is -12.7. The molecular weight excluding hydrogens is 848 g/mol. The first kappa shape index (κ1) is 49.2. The fraction of sp³-hybridized carbons (Fsp3) is 0.462. The zero-order chi connectivity index (χ0) is 47.2. The monoisotopic (exact) mass is 898 g/mol. The second kappa shape index (κ2) is 22.6. The number of carbonyl (C=O) groups excluding carboxylic acids is 6. The number of nitrogens with two attached hydrogens (primary N) is 1. The molecule has 25 heteroatoms. The van der Waals surface area contributed by atoms with Gasteiger partial charge in [-0.3, -0.25) is 43.2 Å². The van der Waals surface area contributed by atoms with Gasteiger partial charge in [-0.25, -0.2) is 9.78 Å². The van der Waals surface area contributed by atoms with Crippen molar-refractivity contribution in [3.63, 3.8) is 0 Å². The molecule has 2 aromatic heterocycles. The summed E-state index contributed by atoms with van der Waals surface area (Å²) in [5.41, 5.74) is 7.88. The van der Waals surface area contributed by atoms with Crippen LogP contribution in [-0.2, 0) is 60.8 Å². The van der Waals surface area contributed by atoms with Crippen LogP contribution < -0.4 is 32.3 Å². The molecule has 346 valence electrons. The lowest BCUT2D eigenvalue weighted by Gasteiger charge is -2.30. The number of aliphatic hydroxyl groups is 1. The van der Waals surface area contributed by atoms with Crippen LogP contribution in [0.3, 0.4) is 0 Å². The number of aromatic amines is 2. The van der Waals surface area contributed by atoms with Crippen molar-refractivity contribution in [1.82, 2.24) is 46.4 Å². The van der Waals surface area contributed by atoms with E-state index in [2.05, 4.69) is 36.2 Å². The van der Waals surface area contributed by atoms with Gasteiger partial charge in [-0.2, -0.15) is 0 Å². The Hall–Kier alpha value is -7.41. The number of aromatic nitrogens is 3. The highest BCUT2D eigenvalue weighted by Gasteiger charge is 2.41. The molecule has 0 unspecified atom stereocenters. The molecule has 0 saturated carbocycles. The largest absolute Gasteiger partial charge is 0.481 e. The highest BCUT2D eigenvalue weighted by molar-refractivity contribution is 5.99. The molecule has 64 heavy (non-hydrogen) atoms. The van der Waals surface area contributed by atoms with Crippen LogP contribution in [0.1, 0.15) is 56.7 Å². The second-order valence-corrected chi connectivity index (χ2v) is 15.1. The van der Waals surface area contributed by atoms with Crippen LogP contribution in [-0.4, -0.2) is 160 Å². The number of imidazole rings is 1. The summed E-state index contributed by atoms with van der Waals surface area (Å²) in [6, 6.07) is -4.40. The molecule has 0 bridgehead atoms. The minimum Gasteiger partial charge on any atom is -0.481 e. The van der Waals surface area contributed by atoms with Gasteiger partial charge in [0, 0.05) is 49.1 Å². The highest BCUT2D eigenvalue weighted by Crippen LogP contribution is 2.21. The quantitative estimate of drug-likeness (QED) is 0.0419. The molecule has 6 amide bonds. The number of nitrogens with one attached hydrogen (secondary N) is 7. The van der Waals surface area contributed by atoms with Crippen LogP contribution in [0.4, 0.5) is 0 Å². The van der Waals surface area contributed by atoms with Crippen LogP contribution in [0.15, 0.2) is 43.0 Å². The van der Waals surface area contributed by atoms with Crippen molar-refractivity contribution in [2.75, 3.05) is 6.54 Å². The number of para-hydroxylation sites is 1. The van der Waals surface area contributed by atoms with E-state index in [1.165, 1.54) is 12.5 Å². The van der Waals surface area contributed by atoms with Crippen molar-refractivity contribution in [3.8, 4) is 0 Å². The van der Waals surface area contributed by atoms with Gasteiger partial charge in [0.25, 0.3) is 0 Å². The van der Waals surface area contributed by atoms with E-state index in [-0.39, 0.29) is 32.2 Å². The molecule has 3 aromatic rings. The third-order valence-electron chi connectivity index (χ3n) is 10.2. The number of aliphatic hydroxyl groups excluding tert-OH is 1. The average molecular weight is 899 g/mol. The van der Waals surface area contributed by atoms with Crippen molar-refractivity contribution in [3.05, 3.63) is 54.2 Å². The van der Waals surface area contributed by atoms with Crippen molar-refractivity contribution < 1.29 is 73.5 Å². The highest BCUT2D eigenvalue weighted by atomic mass is 16.4. The van der Waals surface area contributed by atoms with Crippen LogP contribution in [0.5, 0.6) is 0 Å². The number of nitrogens with zero attached hydrogens (tertiary/aromatic N) is 2. The van der Waals surface area contributed by atoms with Crippen LogP contribution in [0.25, 0.3) is 10.9 Å². The fourth-order valence-corrected chi connectivity index (χ4v) is 6.98. The van der Waals surface area contributed by atoms with Gasteiger partial charge in [-0.15, -0.1) is 0 Å². The molecular formula is C39H50N10O15. The third kappa shape index (κ3) is 13.8. The van der Waals surface area contributed by atoms with Gasteiger partial charge in [0.15, 0.2) is 0 Å². The maximum absolute atomic E-state index is 14.0. The van der Waals surface area contributed by atoms with E-state index in [1.54, 1.807) is 30.5 Å². The number of amides is 6. The van der Waals surface area contributed by atoms with E-state index in [4.69, 9.17) is 10.8 Å². The molecule has 3 heterocycles. The normalized spacial score (nSPS) is 16.8. The SMILES string of the molecule is C[C@@H](O)[C@H](NC(=O)[C@H](Cc1c[nH]c2ccccc12)NC(=O)[C@@H](N)Cc1c[nH]cn1)C(=O)N[C@@H](CCC(=O)O)C(=O)N[C@@H](CC(=O)O)C(=O)N1CCC[C@H]1C(=O)N[C@@H](CC(=O)O)C(=O)O. The van der Waals surface area contributed by atoms with E-state index in [0.29, 0.717) is 22.2 Å². The summed E-state index contributed by atoms with van der Waals surface area (Å²) in [6.45, 7) is 0.959. The standard InChI is InChI=1S/C39H50N10O15/c1-18(50)32(48-35(59)25(11-19-15-42-23-6-3-2-5-21(19)23)45-33(57)22(40)12-20-16-41-17-43-20)37(61)44-24(8-9-29(51)52)34(58)46-26(13-30(53)54)38(62)49-10-4-7-28(49)36(60)47-27(39(63)64)14-31(55)56/h2-3,5-6,15-18,22,24-28,32,42,50H,4,7-14,40H2,1H3,(H,41,43)(H,44,61)(H,45,57)(H,46,58)(H,47,60)(H,48,59)(H,51,52)(H,53,54)(H,55,56)(H,63,64)/t18-,22+,24+,25+,26+,27+,28+,32+/m1/s1. The summed E-state index contributed by atoms with van der Waals surface area (Å²) in [4.78, 5) is 139. The van der Waals surface area contributed by atoms with Gasteiger partial charge in [0.2, 0.25) is 35.4 Å². The molecule has 1 saturated heterocycles. The number of carbonyl (C=O) groups is 10. The molecule has 25 nitrogen and oxygen atoms in total. The van der Waals surface area contributed by atoms with Gasteiger partial charge in [0.05, 0.1) is 37.0 Å². The number of rotatable bonds is 24. The predicted octanol–water partition coefficient (Wildman–Crippen LogP) is -3.30. The minimum atomic E-state index is -1.93. The van der Waals surface area contributed by atoms with Crippen molar-refractivity contribution >= 4 is 70.2 Å². The lowest BCUT2D eigenvalue weighted by Crippen LogP contribution is -2.62. The maximum Gasteiger partial charge on any atom is 0.326 e. The second-order valence-electron chi connectivity index (χ2n) is 15.1. The topological polar surface area (TPSA) is 406 Å². The number of carboxylic acid groups (broad SMARTS) is 4. The number of benzene rings is 1. The Labute approximate surface area is 362 Å². The molecule has 8 atom stereocenters. The first-order chi connectivity index (χ1) is 30.2. The van der Waals surface area contributed by atoms with Gasteiger partial charge in [0.1, 0.15) is 36.3 Å². The van der Waals surface area contributed by atoms with Gasteiger partial charge < -0.3 is 72.7 Å². The Kier molecular flexibility index (Phi) is 17.4. The number of hydrogen-bond acceptors (Lipinski definition) is 13. The number of carboxylic acids is 4. The van der Waals surface area contributed by atoms with E-state index < -0.39 is 133 Å². The molecule has 1 aliphatic heterocycles. The molecule has 1 aliphatic rings. The van der Waals surface area contributed by atoms with Crippen molar-refractivity contribution in [2.45, 2.75) is 107 Å². The molecule has 0 aliphatic carbocycles. The van der Waals surface area contributed by atoms with Crippen molar-refractivity contribution in [1.29, 1.82) is 0 Å². The first-order valence-electron chi connectivity index (χ1n) is 19.9. The smallest absolute Gasteiger partial charge is 0.326 e. The summed E-state index contributed by atoms with van der Waals surface area (Å²) >= 11 is 0. The minimum absolute atomic E-state index is 0.00999. The molecule has 14 N–H and O–H groups in total. The van der Waals surface area contributed by atoms with Crippen LogP contribution in [0.2, 0.25) is 0 Å². The summed E-state index contributed by atoms with van der Waals surface area (Å²) in [7, 11) is 0. The Morgan fingerprint density at radius 1 is 0.781 bits per heavy atom. The van der Waals surface area contributed by atoms with E-state index in [1.807, 2.05) is 5.32 Å². The van der Waals surface area contributed by atoms with Gasteiger partial charge >= 0.3 is 23.9 Å². The zero-order valence-corrected chi connectivity index (χ0v) is 34.3. The average Bonchev–Trinajstić information content (AvgIpc) is 4.02. The molecule has 0 radical (unpaired) electrons. The number of aliphatic carboxylic acids is 4. The first-order valence-corrected chi connectivity index (χ1v) is 19.9. The summed E-state index contributed by atoms with van der Waals surface area (Å²) in [5, 5.41) is 60.3. The Morgan fingerprint density at radius 3 is 2.05 bits per heavy atom. The van der Waals surface area contributed by atoms with E-state index in [0.717, 1.165) is 11.8 Å². The number of fused-ring (bicyclic) bond motifs is 1. The van der Waals surface area contributed by atoms with Gasteiger partial charge in [-0.1, -0.05) is 18.2 Å². The summed E-state index contributed by atoms with van der Waals surface area (Å²) < 4.78 is 0. The fourth-order valence-electron chi connectivity index (χ4n) is 6.98. The zero-order valence-electron chi connectivity index (χ0n) is 34.3. The Balaban J connectivity index is 1.54. The molecule has 1 aromatic carbocycles. The maximum atomic E-state index is 14.0. The lowest BCUT2D eigenvalue weighted by molar-refractivity contribution is -0.149. The van der Waals surface area contributed by atoms with Gasteiger partial charge in [-0.05, 0) is 37.8 Å². The lowest BCUT2D eigenvalue weighted by atomic mass is 10.0. The molecule has 1 fully saturated rings. The van der Waals surface area contributed by atoms with Crippen LogP contribution >= 0.6 is 0 Å². The number of H-pyrrole nitrogens is 2. The summed E-state index contributed by atoms with van der Waals surface area (Å²) in [6.07, 6.45) is -0.656. The third-order valence-corrected chi connectivity index (χ3v) is 10.2. The number of hydrogen-bond donors (Lipinski definition) is 13. The van der Waals surface area contributed by atoms with Crippen LogP contribution in [0, 0.1) is 0 Å². The van der Waals surface area contributed by atoms with E-state index >= 15 is 0 Å². The Bertz CT molecular complexity index is 2210. The molecule has 0 spiro atoms. The van der Waals surface area contributed by atoms with E-state index in [9.17, 15) is 68.4 Å². The molecule has 4 rings (SSSR count). The van der Waals surface area contributed by atoms with Crippen molar-refractivity contribution in [2.24, 2.45) is 5.73 Å². The Morgan fingerprint density at radius 2 is 1.42 bits per heavy atom.